The minimum absolute atomic E-state index is 0.105. The highest BCUT2D eigenvalue weighted by Crippen LogP contribution is 2.23. The van der Waals surface area contributed by atoms with Gasteiger partial charge in [0.1, 0.15) is 17.9 Å². The summed E-state index contributed by atoms with van der Waals surface area (Å²) in [6.07, 6.45) is 2.92. The molecule has 7 nitrogen and oxygen atoms in total. The predicted molar refractivity (Wildman–Crippen MR) is 81.7 cm³/mol. The largest absolute Gasteiger partial charge is 0.370 e. The maximum Gasteiger partial charge on any atom is 0.223 e. The molecule has 7 heteroatoms. The zero-order valence-corrected chi connectivity index (χ0v) is 12.2. The van der Waals surface area contributed by atoms with E-state index in [-0.39, 0.29) is 11.9 Å². The molecule has 1 saturated heterocycles. The van der Waals surface area contributed by atoms with Gasteiger partial charge < -0.3 is 26.5 Å². The summed E-state index contributed by atoms with van der Waals surface area (Å²) in [5.74, 6) is 1.91. The van der Waals surface area contributed by atoms with E-state index in [0.29, 0.717) is 6.54 Å². The normalized spacial score (nSPS) is 17.4. The summed E-state index contributed by atoms with van der Waals surface area (Å²) < 4.78 is 0. The number of anilines is 3. The molecule has 0 bridgehead atoms. The van der Waals surface area contributed by atoms with Gasteiger partial charge in [-0.2, -0.15) is 9.97 Å². The molecule has 0 aromatic carbocycles. The Hall–Kier alpha value is -1.89. The second-order valence-corrected chi connectivity index (χ2v) is 4.53. The first-order chi connectivity index (χ1) is 9.72. The average Bonchev–Trinajstić information content (AvgIpc) is 2.96. The highest BCUT2D eigenvalue weighted by Gasteiger charge is 2.23. The number of nitrogens with two attached hydrogens (primary N) is 2. The Morgan fingerprint density at radius 1 is 1.50 bits per heavy atom. The Kier molecular flexibility index (Phi) is 6.72. The molecule has 112 valence electrons. The number of hydrogen-bond acceptors (Lipinski definition) is 7. The number of carbonyl (C=O) groups excluding carboxylic acids is 1. The van der Waals surface area contributed by atoms with Crippen LogP contribution < -0.4 is 21.7 Å². The van der Waals surface area contributed by atoms with Crippen molar-refractivity contribution >= 4 is 23.9 Å². The Morgan fingerprint density at radius 2 is 2.25 bits per heavy atom. The molecule has 1 aromatic heterocycles. The summed E-state index contributed by atoms with van der Waals surface area (Å²) in [4.78, 5) is 21.2. The van der Waals surface area contributed by atoms with E-state index in [1.807, 2.05) is 6.07 Å². The van der Waals surface area contributed by atoms with Crippen molar-refractivity contribution in [2.24, 2.45) is 11.7 Å². The van der Waals surface area contributed by atoms with Crippen LogP contribution in [0.4, 0.5) is 17.6 Å². The van der Waals surface area contributed by atoms with Gasteiger partial charge >= 0.3 is 0 Å². The van der Waals surface area contributed by atoms with Crippen LogP contribution in [0, 0.1) is 5.92 Å². The van der Waals surface area contributed by atoms with E-state index in [4.69, 9.17) is 5.73 Å². The van der Waals surface area contributed by atoms with Gasteiger partial charge in [-0.25, -0.2) is 0 Å². The van der Waals surface area contributed by atoms with E-state index in [0.717, 1.165) is 43.9 Å². The van der Waals surface area contributed by atoms with Gasteiger partial charge in [0.2, 0.25) is 5.95 Å². The second-order valence-electron chi connectivity index (χ2n) is 4.53. The highest BCUT2D eigenvalue weighted by molar-refractivity contribution is 5.59. The van der Waals surface area contributed by atoms with E-state index in [2.05, 4.69) is 32.8 Å². The van der Waals surface area contributed by atoms with Gasteiger partial charge in [-0.3, -0.25) is 0 Å². The number of aromatic nitrogens is 2. The van der Waals surface area contributed by atoms with Crippen LogP contribution in [0.5, 0.6) is 0 Å². The lowest BCUT2D eigenvalue weighted by Crippen LogP contribution is -2.22. The van der Waals surface area contributed by atoms with Crippen LogP contribution in [0.25, 0.3) is 0 Å². The Labute approximate surface area is 119 Å². The fourth-order valence-corrected chi connectivity index (χ4v) is 2.06. The van der Waals surface area contributed by atoms with Crippen LogP contribution >= 0.6 is 0 Å². The molecule has 0 aliphatic carbocycles. The van der Waals surface area contributed by atoms with Gasteiger partial charge in [-0.1, -0.05) is 6.92 Å². The molecule has 0 amide bonds. The highest BCUT2D eigenvalue weighted by atomic mass is 16.1. The van der Waals surface area contributed by atoms with Gasteiger partial charge in [-0.15, -0.1) is 0 Å². The van der Waals surface area contributed by atoms with Crippen LogP contribution in [0.2, 0.25) is 0 Å². The molecule has 0 saturated carbocycles. The maximum absolute atomic E-state index is 10.8. The summed E-state index contributed by atoms with van der Waals surface area (Å²) in [6.45, 7) is 4.50. The maximum atomic E-state index is 10.8. The fraction of sp³-hybridized carbons (Fsp3) is 0.615. The topological polar surface area (TPSA) is 110 Å². The van der Waals surface area contributed by atoms with E-state index in [1.54, 1.807) is 0 Å². The smallest absolute Gasteiger partial charge is 0.223 e. The standard InChI is InChI=1S/C12H19N5O.CH5N/c1-2-4-14-10-6-11(16-12(13)15-10)17-5-3-9(7-17)8-18;1-2/h6,8-9H,2-5,7H2,1H3,(H3,13,14,15,16);2H2,1H3. The first-order valence-electron chi connectivity index (χ1n) is 6.89. The van der Waals surface area contributed by atoms with Crippen molar-refractivity contribution in [3.63, 3.8) is 0 Å². The molecule has 1 atom stereocenters. The van der Waals surface area contributed by atoms with Gasteiger partial charge in [0, 0.05) is 31.6 Å². The van der Waals surface area contributed by atoms with Gasteiger partial charge in [0.25, 0.3) is 0 Å². The number of rotatable bonds is 5. The van der Waals surface area contributed by atoms with Crippen LogP contribution in [-0.2, 0) is 4.79 Å². The van der Waals surface area contributed by atoms with E-state index in [1.165, 1.54) is 7.05 Å². The van der Waals surface area contributed by atoms with Gasteiger partial charge in [0.15, 0.2) is 0 Å². The van der Waals surface area contributed by atoms with Crippen molar-refractivity contribution in [2.75, 3.05) is 42.6 Å². The van der Waals surface area contributed by atoms with E-state index in [9.17, 15) is 4.79 Å². The Bertz CT molecular complexity index is 425. The molecule has 1 unspecified atom stereocenters. The predicted octanol–water partition coefficient (Wildman–Crippen LogP) is 0.481. The quantitative estimate of drug-likeness (QED) is 0.673. The summed E-state index contributed by atoms with van der Waals surface area (Å²) in [6, 6.07) is 1.89. The van der Waals surface area contributed by atoms with Crippen LogP contribution in [0.3, 0.4) is 0 Å². The molecule has 5 N–H and O–H groups in total. The summed E-state index contributed by atoms with van der Waals surface area (Å²) in [7, 11) is 1.50. The number of nitrogen functional groups attached to an aromatic ring is 1. The van der Waals surface area contributed by atoms with Crippen molar-refractivity contribution < 1.29 is 4.79 Å². The summed E-state index contributed by atoms with van der Waals surface area (Å²) in [5, 5.41) is 3.20. The van der Waals surface area contributed by atoms with Crippen LogP contribution in [-0.4, -0.2) is 42.9 Å². The Morgan fingerprint density at radius 3 is 2.85 bits per heavy atom. The molecule has 1 fully saturated rings. The lowest BCUT2D eigenvalue weighted by Gasteiger charge is -2.17. The molecule has 1 aliphatic rings. The number of aldehydes is 1. The molecule has 0 radical (unpaired) electrons. The minimum atomic E-state index is 0.105. The van der Waals surface area contributed by atoms with Gasteiger partial charge in [0.05, 0.1) is 0 Å². The number of nitrogens with one attached hydrogen (secondary N) is 1. The third kappa shape index (κ3) is 4.34. The first kappa shape index (κ1) is 16.2. The second kappa shape index (κ2) is 8.31. The number of nitrogens with zero attached hydrogens (tertiary/aromatic N) is 3. The van der Waals surface area contributed by atoms with E-state index < -0.39 is 0 Å². The molecule has 1 aromatic rings. The zero-order valence-electron chi connectivity index (χ0n) is 12.2. The van der Waals surface area contributed by atoms with Crippen molar-refractivity contribution in [1.82, 2.24) is 9.97 Å². The van der Waals surface area contributed by atoms with Crippen molar-refractivity contribution in [1.29, 1.82) is 0 Å². The van der Waals surface area contributed by atoms with Crippen molar-refractivity contribution in [2.45, 2.75) is 19.8 Å². The summed E-state index contributed by atoms with van der Waals surface area (Å²) in [5.41, 5.74) is 10.2. The number of carbonyl (C=O) groups is 1. The number of hydrogen-bond donors (Lipinski definition) is 3. The Balaban J connectivity index is 0.000000956. The van der Waals surface area contributed by atoms with E-state index >= 15 is 0 Å². The molecular formula is C13H24N6O. The SMILES string of the molecule is CCCNc1cc(N2CCC(C=O)C2)nc(N)n1.CN. The minimum Gasteiger partial charge on any atom is -0.370 e. The van der Waals surface area contributed by atoms with Crippen LogP contribution in [0.15, 0.2) is 6.07 Å². The average molecular weight is 280 g/mol. The molecule has 2 heterocycles. The first-order valence-corrected chi connectivity index (χ1v) is 6.89. The summed E-state index contributed by atoms with van der Waals surface area (Å²) >= 11 is 0. The third-order valence-corrected chi connectivity index (χ3v) is 3.03. The lowest BCUT2D eigenvalue weighted by atomic mass is 10.1. The fourth-order valence-electron chi connectivity index (χ4n) is 2.06. The van der Waals surface area contributed by atoms with Gasteiger partial charge in [-0.05, 0) is 19.9 Å². The molecule has 1 aliphatic heterocycles. The third-order valence-electron chi connectivity index (χ3n) is 3.03. The lowest BCUT2D eigenvalue weighted by molar-refractivity contribution is -0.110. The molecule has 2 rings (SSSR count). The van der Waals surface area contributed by atoms with Crippen LogP contribution in [0.1, 0.15) is 19.8 Å². The zero-order chi connectivity index (χ0) is 15.0. The molecule has 0 spiro atoms. The van der Waals surface area contributed by atoms with Crippen molar-refractivity contribution in [3.05, 3.63) is 6.07 Å². The molecule has 20 heavy (non-hydrogen) atoms. The van der Waals surface area contributed by atoms with Crippen molar-refractivity contribution in [3.8, 4) is 0 Å². The molecular weight excluding hydrogens is 256 g/mol. The monoisotopic (exact) mass is 280 g/mol.